The number of unbranched alkanes of at least 4 members (excludes halogenated alkanes) is 1. The van der Waals surface area contributed by atoms with Crippen molar-refractivity contribution in [2.24, 2.45) is 5.92 Å². The minimum absolute atomic E-state index is 0.196. The Hall–Kier alpha value is -2.83. The molecule has 0 radical (unpaired) electrons. The van der Waals surface area contributed by atoms with Crippen LogP contribution in [0.3, 0.4) is 0 Å². The molecule has 0 atom stereocenters. The van der Waals surface area contributed by atoms with E-state index < -0.39 is 35.9 Å². The number of halogens is 4. The highest BCUT2D eigenvalue weighted by Crippen LogP contribution is 2.37. The van der Waals surface area contributed by atoms with Gasteiger partial charge < -0.3 is 9.47 Å². The van der Waals surface area contributed by atoms with Crippen molar-refractivity contribution in [1.82, 2.24) is 0 Å². The van der Waals surface area contributed by atoms with Crippen LogP contribution in [0.15, 0.2) is 48.3 Å². The Morgan fingerprint density at radius 3 is 2.31 bits per heavy atom. The average molecular weight is 493 g/mol. The van der Waals surface area contributed by atoms with Crippen LogP contribution >= 0.6 is 0 Å². The standard InChI is InChI=1S/C28H32F4O3/c1-2-17-34-24-15-16-25(27(32)26(24)31)35-28(33)22-13-11-21(12-14-22)20-9-7-19(8-10-20)5-3-4-6-23(30)18-29/h6-10,15-16,21-22H,2-5,11-14,17-18H2,1H3. The van der Waals surface area contributed by atoms with Crippen molar-refractivity contribution in [1.29, 1.82) is 0 Å². The second-order valence-electron chi connectivity index (χ2n) is 8.93. The first-order valence-corrected chi connectivity index (χ1v) is 12.2. The highest BCUT2D eigenvalue weighted by molar-refractivity contribution is 5.75. The number of esters is 1. The van der Waals surface area contributed by atoms with Crippen LogP contribution in [0, 0.1) is 17.6 Å². The summed E-state index contributed by atoms with van der Waals surface area (Å²) in [6.07, 6.45) is 6.81. The fourth-order valence-electron chi connectivity index (χ4n) is 4.35. The van der Waals surface area contributed by atoms with Gasteiger partial charge in [0.1, 0.15) is 12.5 Å². The molecular formula is C28H32F4O3. The second kappa shape index (κ2) is 13.3. The Morgan fingerprint density at radius 1 is 1.00 bits per heavy atom. The molecule has 0 heterocycles. The lowest BCUT2D eigenvalue weighted by Crippen LogP contribution is -2.25. The number of benzene rings is 2. The molecule has 0 spiro atoms. The van der Waals surface area contributed by atoms with Gasteiger partial charge in [0.05, 0.1) is 12.5 Å². The molecule has 35 heavy (non-hydrogen) atoms. The summed E-state index contributed by atoms with van der Waals surface area (Å²) in [5.74, 6) is -4.29. The molecule has 0 bridgehead atoms. The molecule has 1 saturated carbocycles. The van der Waals surface area contributed by atoms with Crippen molar-refractivity contribution in [3.05, 3.63) is 71.1 Å². The first kappa shape index (κ1) is 26.8. The summed E-state index contributed by atoms with van der Waals surface area (Å²) in [6.45, 7) is 1.07. The Bertz CT molecular complexity index is 996. The number of rotatable bonds is 11. The number of carbonyl (C=O) groups excluding carboxylic acids is 1. The van der Waals surface area contributed by atoms with Crippen molar-refractivity contribution < 1.29 is 31.8 Å². The topological polar surface area (TPSA) is 35.5 Å². The van der Waals surface area contributed by atoms with Crippen LogP contribution < -0.4 is 9.47 Å². The lowest BCUT2D eigenvalue weighted by molar-refractivity contribution is -0.140. The molecule has 0 aromatic heterocycles. The number of ether oxygens (including phenoxy) is 2. The van der Waals surface area contributed by atoms with Crippen LogP contribution in [0.1, 0.15) is 68.9 Å². The van der Waals surface area contributed by atoms with Crippen molar-refractivity contribution in [2.75, 3.05) is 13.3 Å². The molecule has 0 N–H and O–H groups in total. The SMILES string of the molecule is CCCOc1ccc(OC(=O)C2CCC(c3ccc(CCCC=C(F)CF)cc3)CC2)c(F)c1F. The third-order valence-electron chi connectivity index (χ3n) is 6.36. The minimum atomic E-state index is -1.22. The normalized spacial score (nSPS) is 18.4. The van der Waals surface area contributed by atoms with Gasteiger partial charge in [-0.1, -0.05) is 37.3 Å². The maximum absolute atomic E-state index is 14.3. The fourth-order valence-corrected chi connectivity index (χ4v) is 4.35. The molecule has 3 rings (SSSR count). The van der Waals surface area contributed by atoms with Gasteiger partial charge in [-0.3, -0.25) is 4.79 Å². The van der Waals surface area contributed by atoms with Crippen LogP contribution in [0.25, 0.3) is 0 Å². The maximum Gasteiger partial charge on any atom is 0.314 e. The molecule has 2 aromatic carbocycles. The van der Waals surface area contributed by atoms with Gasteiger partial charge in [0.2, 0.25) is 11.6 Å². The van der Waals surface area contributed by atoms with Gasteiger partial charge >= 0.3 is 5.97 Å². The highest BCUT2D eigenvalue weighted by atomic mass is 19.2. The van der Waals surface area contributed by atoms with Gasteiger partial charge in [0.15, 0.2) is 11.5 Å². The Kier molecular flexibility index (Phi) is 10.2. The van der Waals surface area contributed by atoms with E-state index in [1.165, 1.54) is 23.8 Å². The molecule has 3 nitrogen and oxygen atoms in total. The van der Waals surface area contributed by atoms with Gasteiger partial charge in [0.25, 0.3) is 0 Å². The zero-order valence-corrected chi connectivity index (χ0v) is 20.0. The van der Waals surface area contributed by atoms with E-state index in [1.54, 1.807) is 0 Å². The number of carbonyl (C=O) groups is 1. The largest absolute Gasteiger partial charge is 0.490 e. The van der Waals surface area contributed by atoms with E-state index >= 15 is 0 Å². The molecule has 0 amide bonds. The van der Waals surface area contributed by atoms with E-state index in [2.05, 4.69) is 24.3 Å². The quantitative estimate of drug-likeness (QED) is 0.139. The summed E-state index contributed by atoms with van der Waals surface area (Å²) in [4.78, 5) is 12.6. The van der Waals surface area contributed by atoms with Crippen LogP contribution in [-0.4, -0.2) is 19.3 Å². The van der Waals surface area contributed by atoms with Gasteiger partial charge in [-0.2, -0.15) is 8.78 Å². The Morgan fingerprint density at radius 2 is 1.66 bits per heavy atom. The Labute approximate surface area is 204 Å². The third-order valence-corrected chi connectivity index (χ3v) is 6.36. The molecule has 1 aliphatic rings. The predicted molar refractivity (Wildman–Crippen MR) is 127 cm³/mol. The molecule has 7 heteroatoms. The first-order valence-electron chi connectivity index (χ1n) is 12.2. The molecule has 0 aliphatic heterocycles. The number of aryl methyl sites for hydroxylation is 1. The average Bonchev–Trinajstić information content (AvgIpc) is 2.89. The predicted octanol–water partition coefficient (Wildman–Crippen LogP) is 7.78. The zero-order valence-electron chi connectivity index (χ0n) is 20.0. The summed E-state index contributed by atoms with van der Waals surface area (Å²) < 4.78 is 63.7. The molecule has 2 aromatic rings. The smallest absolute Gasteiger partial charge is 0.314 e. The summed E-state index contributed by atoms with van der Waals surface area (Å²) in [7, 11) is 0. The van der Waals surface area contributed by atoms with Crippen LogP contribution in [0.5, 0.6) is 11.5 Å². The van der Waals surface area contributed by atoms with Crippen LogP contribution in [-0.2, 0) is 11.2 Å². The molecule has 1 fully saturated rings. The number of hydrogen-bond donors (Lipinski definition) is 0. The monoisotopic (exact) mass is 492 g/mol. The van der Waals surface area contributed by atoms with Crippen LogP contribution in [0.4, 0.5) is 17.6 Å². The molecule has 1 aliphatic carbocycles. The summed E-state index contributed by atoms with van der Waals surface area (Å²) in [5, 5.41) is 0. The number of hydrogen-bond acceptors (Lipinski definition) is 3. The summed E-state index contributed by atoms with van der Waals surface area (Å²) in [5.41, 5.74) is 2.33. The number of alkyl halides is 1. The maximum atomic E-state index is 14.3. The van der Waals surface area contributed by atoms with Gasteiger partial charge in [-0.15, -0.1) is 0 Å². The Balaban J connectivity index is 1.48. The van der Waals surface area contributed by atoms with Crippen molar-refractivity contribution in [3.63, 3.8) is 0 Å². The molecule has 0 saturated heterocycles. The second-order valence-corrected chi connectivity index (χ2v) is 8.93. The van der Waals surface area contributed by atoms with E-state index in [4.69, 9.17) is 9.47 Å². The molecule has 190 valence electrons. The molecule has 0 unspecified atom stereocenters. The van der Waals surface area contributed by atoms with Crippen molar-refractivity contribution in [2.45, 2.75) is 64.2 Å². The summed E-state index contributed by atoms with van der Waals surface area (Å²) >= 11 is 0. The summed E-state index contributed by atoms with van der Waals surface area (Å²) in [6, 6.07) is 10.8. The fraction of sp³-hybridized carbons (Fsp3) is 0.464. The number of allylic oxidation sites excluding steroid dienone is 2. The lowest BCUT2D eigenvalue weighted by Gasteiger charge is -2.27. The van der Waals surface area contributed by atoms with E-state index in [-0.39, 0.29) is 18.3 Å². The first-order chi connectivity index (χ1) is 16.9. The molecular weight excluding hydrogens is 460 g/mol. The highest BCUT2D eigenvalue weighted by Gasteiger charge is 2.29. The van der Waals surface area contributed by atoms with E-state index in [0.717, 1.165) is 31.2 Å². The van der Waals surface area contributed by atoms with Crippen LogP contribution in [0.2, 0.25) is 0 Å². The van der Waals surface area contributed by atoms with E-state index in [9.17, 15) is 22.4 Å². The lowest BCUT2D eigenvalue weighted by atomic mass is 9.78. The zero-order chi connectivity index (χ0) is 25.2. The van der Waals surface area contributed by atoms with E-state index in [0.29, 0.717) is 31.6 Å². The van der Waals surface area contributed by atoms with Gasteiger partial charge in [-0.25, -0.2) is 8.78 Å². The van der Waals surface area contributed by atoms with Gasteiger partial charge in [-0.05, 0) is 80.5 Å². The third kappa shape index (κ3) is 7.58. The van der Waals surface area contributed by atoms with Gasteiger partial charge in [0, 0.05) is 0 Å². The van der Waals surface area contributed by atoms with E-state index in [1.807, 2.05) is 6.92 Å². The minimum Gasteiger partial charge on any atom is -0.490 e. The van der Waals surface area contributed by atoms with Crippen molar-refractivity contribution in [3.8, 4) is 11.5 Å². The van der Waals surface area contributed by atoms with Crippen molar-refractivity contribution >= 4 is 5.97 Å².